The van der Waals surface area contributed by atoms with Crippen molar-refractivity contribution in [2.45, 2.75) is 32.9 Å². The van der Waals surface area contributed by atoms with Crippen molar-refractivity contribution in [1.82, 2.24) is 5.09 Å². The molecule has 2 aromatic rings. The summed E-state index contributed by atoms with van der Waals surface area (Å²) in [6.45, 7) is 4.22. The first-order chi connectivity index (χ1) is 14.9. The Morgan fingerprint density at radius 2 is 1.34 bits per heavy atom. The second-order valence-electron chi connectivity index (χ2n) is 6.36. The van der Waals surface area contributed by atoms with Crippen LogP contribution in [0.2, 0.25) is 0 Å². The van der Waals surface area contributed by atoms with Gasteiger partial charge in [0.1, 0.15) is 6.04 Å². The van der Waals surface area contributed by atoms with Crippen LogP contribution in [-0.2, 0) is 23.4 Å². The number of rotatable bonds is 10. The molecule has 0 spiro atoms. The van der Waals surface area contributed by atoms with Crippen LogP contribution < -0.4 is 14.9 Å². The summed E-state index contributed by atoms with van der Waals surface area (Å²) in [5, 5.41) is 2.00. The molecule has 0 unspecified atom stereocenters. The van der Waals surface area contributed by atoms with Gasteiger partial charge in [-0.25, -0.2) is 22.8 Å². The number of nitrogens with one attached hydrogen (secondary N) is 1. The fraction of sp³-hybridized carbons (Fsp3) is 0.278. The zero-order valence-corrected chi connectivity index (χ0v) is 17.6. The van der Waals surface area contributed by atoms with E-state index in [2.05, 4.69) is 14.2 Å². The van der Waals surface area contributed by atoms with Crippen molar-refractivity contribution in [3.05, 3.63) is 59.4 Å². The van der Waals surface area contributed by atoms with Crippen molar-refractivity contribution >= 4 is 13.7 Å². The number of hydrogen-bond donors (Lipinski definition) is 1. The molecule has 176 valence electrons. The van der Waals surface area contributed by atoms with E-state index in [1.165, 1.54) is 38.1 Å². The molecule has 0 amide bonds. The molecule has 14 heteroatoms. The normalized spacial score (nSPS) is 14.0. The summed E-state index contributed by atoms with van der Waals surface area (Å²) < 4.78 is 94.1. The van der Waals surface area contributed by atoms with E-state index < -0.39 is 60.7 Å². The quantitative estimate of drug-likeness (QED) is 0.0982. The molecular formula is C18H17F5NO7P. The third-order valence-corrected chi connectivity index (χ3v) is 4.67. The van der Waals surface area contributed by atoms with Gasteiger partial charge < -0.3 is 14.5 Å². The predicted octanol–water partition coefficient (Wildman–Crippen LogP) is 4.74. The van der Waals surface area contributed by atoms with E-state index in [1.54, 1.807) is 6.07 Å². The molecule has 0 fully saturated rings. The van der Waals surface area contributed by atoms with Crippen molar-refractivity contribution in [1.29, 1.82) is 0 Å². The lowest BCUT2D eigenvalue weighted by molar-refractivity contribution is -0.178. The van der Waals surface area contributed by atoms with Crippen molar-refractivity contribution in [3.8, 4) is 11.5 Å². The second kappa shape index (κ2) is 10.7. The summed E-state index contributed by atoms with van der Waals surface area (Å²) in [5.41, 5.74) is 0. The first-order valence-electron chi connectivity index (χ1n) is 8.82. The van der Waals surface area contributed by atoms with Gasteiger partial charge in [0.05, 0.1) is 6.10 Å². The molecule has 2 atom stereocenters. The van der Waals surface area contributed by atoms with E-state index in [0.29, 0.717) is 0 Å². The summed E-state index contributed by atoms with van der Waals surface area (Å²) >= 11 is 0. The Labute approximate surface area is 178 Å². The lowest BCUT2D eigenvalue weighted by Crippen LogP contribution is -2.36. The summed E-state index contributed by atoms with van der Waals surface area (Å²) in [5.74, 6) is -14.8. The molecule has 0 radical (unpaired) electrons. The van der Waals surface area contributed by atoms with E-state index in [1.807, 2.05) is 5.09 Å². The van der Waals surface area contributed by atoms with Crippen LogP contribution in [0.5, 0.6) is 11.5 Å². The van der Waals surface area contributed by atoms with Gasteiger partial charge in [0, 0.05) is 0 Å². The van der Waals surface area contributed by atoms with Crippen LogP contribution in [-0.4, -0.2) is 18.1 Å². The van der Waals surface area contributed by atoms with Crippen molar-refractivity contribution < 1.29 is 55.2 Å². The number of halogens is 5. The third-order valence-electron chi connectivity index (χ3n) is 3.42. The minimum absolute atomic E-state index is 0.0215. The molecule has 0 aliphatic heterocycles. The van der Waals surface area contributed by atoms with Crippen LogP contribution in [0.4, 0.5) is 22.0 Å². The number of ether oxygens (including phenoxy) is 1. The van der Waals surface area contributed by atoms with Gasteiger partial charge in [-0.2, -0.15) is 8.78 Å². The highest BCUT2D eigenvalue weighted by Gasteiger charge is 2.37. The number of carbonyl (C=O) groups excluding carboxylic acids is 1. The van der Waals surface area contributed by atoms with E-state index in [9.17, 15) is 31.3 Å². The topological polar surface area (TPSA) is 92.3 Å². The van der Waals surface area contributed by atoms with Gasteiger partial charge in [0.25, 0.3) is 0 Å². The fourth-order valence-electron chi connectivity index (χ4n) is 1.99. The van der Waals surface area contributed by atoms with Crippen LogP contribution >= 0.6 is 7.75 Å². The molecule has 32 heavy (non-hydrogen) atoms. The number of carbonyl (C=O) groups is 1. The van der Waals surface area contributed by atoms with Gasteiger partial charge in [0.15, 0.2) is 5.75 Å². The Hall–Kier alpha value is -2.73. The standard InChI is InChI=1S/C18H17F5NO7P/c1-9(2)27-18(25)10(3)24-32(26,30-28-11-7-5-4-6-8-11)31-29-17-15(22)13(20)12(19)14(21)16(17)23/h4-10H,1-3H3,(H,24,26)/t10-,32+/m0/s1. The zero-order valence-electron chi connectivity index (χ0n) is 16.7. The van der Waals surface area contributed by atoms with Gasteiger partial charge in [0.2, 0.25) is 34.8 Å². The highest BCUT2D eigenvalue weighted by Crippen LogP contribution is 2.46. The molecule has 0 aliphatic carbocycles. The van der Waals surface area contributed by atoms with Crippen molar-refractivity contribution in [2.75, 3.05) is 0 Å². The molecule has 0 heterocycles. The average molecular weight is 485 g/mol. The Bertz CT molecular complexity index is 980. The zero-order chi connectivity index (χ0) is 24.1. The number of hydrogen-bond acceptors (Lipinski definition) is 7. The SMILES string of the molecule is CC(C)OC(=O)[C@H](C)N[P@@](=O)(OOc1ccccc1)OOc1c(F)c(F)c(F)c(F)c1F. The maximum Gasteiger partial charge on any atom is 0.478 e. The second-order valence-corrected chi connectivity index (χ2v) is 7.91. The molecule has 0 aliphatic rings. The van der Waals surface area contributed by atoms with Crippen LogP contribution in [0.15, 0.2) is 30.3 Å². The first-order valence-corrected chi connectivity index (χ1v) is 10.4. The van der Waals surface area contributed by atoms with Crippen LogP contribution in [0.3, 0.4) is 0 Å². The van der Waals surface area contributed by atoms with Crippen LogP contribution in [0.1, 0.15) is 20.8 Å². The summed E-state index contributed by atoms with van der Waals surface area (Å²) in [7, 11) is -4.95. The Balaban J connectivity index is 2.26. The summed E-state index contributed by atoms with van der Waals surface area (Å²) in [6.07, 6.45) is -0.557. The summed E-state index contributed by atoms with van der Waals surface area (Å²) in [6, 6.07) is 5.91. The first kappa shape index (κ1) is 25.5. The Morgan fingerprint density at radius 1 is 0.844 bits per heavy atom. The van der Waals surface area contributed by atoms with E-state index in [4.69, 9.17) is 9.62 Å². The minimum Gasteiger partial charge on any atom is -0.462 e. The van der Waals surface area contributed by atoms with E-state index >= 15 is 0 Å². The number of benzene rings is 2. The molecule has 0 bridgehead atoms. The highest BCUT2D eigenvalue weighted by atomic mass is 31.2. The smallest absolute Gasteiger partial charge is 0.462 e. The molecule has 8 nitrogen and oxygen atoms in total. The van der Waals surface area contributed by atoms with Gasteiger partial charge in [-0.3, -0.25) is 4.79 Å². The average Bonchev–Trinajstić information content (AvgIpc) is 2.75. The lowest BCUT2D eigenvalue weighted by atomic mass is 10.3. The minimum atomic E-state index is -4.95. The predicted molar refractivity (Wildman–Crippen MR) is 97.5 cm³/mol. The molecule has 0 saturated heterocycles. The van der Waals surface area contributed by atoms with Gasteiger partial charge in [-0.05, 0) is 32.9 Å². The number of para-hydroxylation sites is 1. The van der Waals surface area contributed by atoms with Crippen LogP contribution in [0, 0.1) is 29.1 Å². The van der Waals surface area contributed by atoms with E-state index in [0.717, 1.165) is 6.92 Å². The fourth-order valence-corrected chi connectivity index (χ4v) is 3.04. The van der Waals surface area contributed by atoms with Crippen molar-refractivity contribution in [3.63, 3.8) is 0 Å². The molecule has 2 aromatic carbocycles. The van der Waals surface area contributed by atoms with Gasteiger partial charge in [-0.15, -0.1) is 0 Å². The van der Waals surface area contributed by atoms with Crippen LogP contribution in [0.25, 0.3) is 0 Å². The van der Waals surface area contributed by atoms with E-state index in [-0.39, 0.29) is 5.75 Å². The maximum atomic E-state index is 13.8. The largest absolute Gasteiger partial charge is 0.478 e. The maximum absolute atomic E-state index is 13.8. The monoisotopic (exact) mass is 485 g/mol. The highest BCUT2D eigenvalue weighted by molar-refractivity contribution is 7.51. The lowest BCUT2D eigenvalue weighted by Gasteiger charge is -2.21. The molecule has 0 aromatic heterocycles. The molecular weight excluding hydrogens is 468 g/mol. The Morgan fingerprint density at radius 3 is 1.88 bits per heavy atom. The van der Waals surface area contributed by atoms with Gasteiger partial charge >= 0.3 is 13.7 Å². The molecule has 1 N–H and O–H groups in total. The van der Waals surface area contributed by atoms with Gasteiger partial charge in [-0.1, -0.05) is 27.5 Å². The Kier molecular flexibility index (Phi) is 8.56. The summed E-state index contributed by atoms with van der Waals surface area (Å²) in [4.78, 5) is 20.8. The van der Waals surface area contributed by atoms with Crippen molar-refractivity contribution in [2.24, 2.45) is 0 Å². The third kappa shape index (κ3) is 6.39. The molecule has 0 saturated carbocycles. The molecule has 2 rings (SSSR count). The number of esters is 1.